The number of nitrogens with zero attached hydrogens (tertiary/aromatic N) is 2. The molecule has 51 heavy (non-hydrogen) atoms. The fourth-order valence-electron chi connectivity index (χ4n) is 8.28. The van der Waals surface area contributed by atoms with Gasteiger partial charge in [-0.3, -0.25) is 0 Å². The molecule has 11 aromatic rings. The first-order valence-electron chi connectivity index (χ1n) is 17.4. The van der Waals surface area contributed by atoms with Crippen molar-refractivity contribution in [2.24, 2.45) is 0 Å². The van der Waals surface area contributed by atoms with E-state index in [1.165, 1.54) is 60.4 Å². The van der Waals surface area contributed by atoms with Crippen LogP contribution < -0.4 is 0 Å². The third kappa shape index (κ3) is 4.12. The molecule has 0 N–H and O–H groups in total. The lowest BCUT2D eigenvalue weighted by molar-refractivity contribution is 0.670. The van der Waals surface area contributed by atoms with Crippen LogP contribution in [0.4, 0.5) is 0 Å². The van der Waals surface area contributed by atoms with Gasteiger partial charge in [0, 0.05) is 49.1 Å². The molecule has 0 spiro atoms. The molecule has 238 valence electrons. The molecule has 0 saturated heterocycles. The minimum Gasteiger partial charge on any atom is -0.455 e. The minimum absolute atomic E-state index is 0.907. The van der Waals surface area contributed by atoms with Crippen LogP contribution >= 0.6 is 0 Å². The van der Waals surface area contributed by atoms with Crippen molar-refractivity contribution in [3.63, 3.8) is 0 Å². The summed E-state index contributed by atoms with van der Waals surface area (Å²) in [7, 11) is 0. The number of furan rings is 1. The summed E-state index contributed by atoms with van der Waals surface area (Å²) < 4.78 is 11.3. The zero-order valence-electron chi connectivity index (χ0n) is 27.6. The average molecular weight is 651 g/mol. The first kappa shape index (κ1) is 28.0. The number of hydrogen-bond acceptors (Lipinski definition) is 1. The molecule has 0 amide bonds. The number of hydrogen-bond donors (Lipinski definition) is 0. The van der Waals surface area contributed by atoms with Crippen molar-refractivity contribution < 1.29 is 4.42 Å². The van der Waals surface area contributed by atoms with E-state index in [0.29, 0.717) is 0 Å². The topological polar surface area (TPSA) is 23.0 Å². The SMILES string of the molecule is c1ccc(-n2c3ccccc3c3cc(-c4ccc5c(c4)c4ccccc4n5-c4ccccc4-c4cccc5c4oc4ccccc45)ccc32)cc1. The van der Waals surface area contributed by atoms with Gasteiger partial charge in [-0.25, -0.2) is 0 Å². The van der Waals surface area contributed by atoms with E-state index in [1.54, 1.807) is 0 Å². The summed E-state index contributed by atoms with van der Waals surface area (Å²) in [5.41, 5.74) is 13.5. The first-order chi connectivity index (χ1) is 25.3. The number of fused-ring (bicyclic) bond motifs is 9. The Labute approximate surface area is 293 Å². The smallest absolute Gasteiger partial charge is 0.143 e. The summed E-state index contributed by atoms with van der Waals surface area (Å²) in [6, 6.07) is 65.4. The number of rotatable bonds is 4. The summed E-state index contributed by atoms with van der Waals surface area (Å²) in [5.74, 6) is 0. The second kappa shape index (κ2) is 10.8. The summed E-state index contributed by atoms with van der Waals surface area (Å²) in [6.45, 7) is 0. The van der Waals surface area contributed by atoms with Gasteiger partial charge in [0.1, 0.15) is 11.2 Å². The summed E-state index contributed by atoms with van der Waals surface area (Å²) >= 11 is 0. The van der Waals surface area contributed by atoms with Crippen molar-refractivity contribution in [1.82, 2.24) is 9.13 Å². The Balaban J connectivity index is 1.11. The van der Waals surface area contributed by atoms with E-state index >= 15 is 0 Å². The molecule has 0 radical (unpaired) electrons. The molecule has 3 aromatic heterocycles. The molecule has 0 bridgehead atoms. The van der Waals surface area contributed by atoms with Crippen LogP contribution in [0.5, 0.6) is 0 Å². The van der Waals surface area contributed by atoms with Gasteiger partial charge in [-0.1, -0.05) is 121 Å². The van der Waals surface area contributed by atoms with Crippen LogP contribution in [0.3, 0.4) is 0 Å². The second-order valence-electron chi connectivity index (χ2n) is 13.3. The molecular formula is C48H30N2O. The van der Waals surface area contributed by atoms with Gasteiger partial charge in [0.25, 0.3) is 0 Å². The Morgan fingerprint density at radius 1 is 0.333 bits per heavy atom. The van der Waals surface area contributed by atoms with Gasteiger partial charge in [-0.2, -0.15) is 0 Å². The molecule has 0 fully saturated rings. The van der Waals surface area contributed by atoms with Crippen LogP contribution in [0.1, 0.15) is 0 Å². The normalized spacial score (nSPS) is 11.9. The molecule has 3 nitrogen and oxygen atoms in total. The Bertz CT molecular complexity index is 3140. The van der Waals surface area contributed by atoms with Gasteiger partial charge in [-0.15, -0.1) is 0 Å². The van der Waals surface area contributed by atoms with Crippen LogP contribution in [0.15, 0.2) is 186 Å². The van der Waals surface area contributed by atoms with Gasteiger partial charge in [0.15, 0.2) is 0 Å². The number of para-hydroxylation sites is 6. The van der Waals surface area contributed by atoms with Crippen LogP contribution in [-0.2, 0) is 0 Å². The molecule has 0 saturated carbocycles. The maximum absolute atomic E-state index is 6.52. The molecular weight excluding hydrogens is 621 g/mol. The fourth-order valence-corrected chi connectivity index (χ4v) is 8.28. The lowest BCUT2D eigenvalue weighted by Crippen LogP contribution is -1.97. The van der Waals surface area contributed by atoms with Gasteiger partial charge >= 0.3 is 0 Å². The zero-order chi connectivity index (χ0) is 33.5. The highest BCUT2D eigenvalue weighted by Crippen LogP contribution is 2.42. The van der Waals surface area contributed by atoms with E-state index in [0.717, 1.165) is 38.8 Å². The highest BCUT2D eigenvalue weighted by atomic mass is 16.3. The predicted octanol–water partition coefficient (Wildman–Crippen LogP) is 13.1. The van der Waals surface area contributed by atoms with Gasteiger partial charge < -0.3 is 13.6 Å². The number of aromatic nitrogens is 2. The maximum Gasteiger partial charge on any atom is 0.143 e. The van der Waals surface area contributed by atoms with E-state index in [2.05, 4.69) is 185 Å². The summed E-state index contributed by atoms with van der Waals surface area (Å²) in [4.78, 5) is 0. The van der Waals surface area contributed by atoms with Crippen molar-refractivity contribution >= 4 is 65.6 Å². The molecule has 3 heteroatoms. The number of benzene rings is 8. The van der Waals surface area contributed by atoms with Gasteiger partial charge in [0.2, 0.25) is 0 Å². The van der Waals surface area contributed by atoms with Crippen molar-refractivity contribution in [2.75, 3.05) is 0 Å². The fraction of sp³-hybridized carbons (Fsp3) is 0. The molecule has 0 atom stereocenters. The highest BCUT2D eigenvalue weighted by molar-refractivity contribution is 6.14. The second-order valence-corrected chi connectivity index (χ2v) is 13.3. The summed E-state index contributed by atoms with van der Waals surface area (Å²) in [5, 5.41) is 7.24. The Kier molecular flexibility index (Phi) is 5.96. The van der Waals surface area contributed by atoms with E-state index in [4.69, 9.17) is 4.42 Å². The summed E-state index contributed by atoms with van der Waals surface area (Å²) in [6.07, 6.45) is 0. The molecule has 0 aliphatic rings. The Hall–Kier alpha value is -6.84. The molecule has 0 unspecified atom stereocenters. The third-order valence-corrected chi connectivity index (χ3v) is 10.5. The molecule has 11 rings (SSSR count). The predicted molar refractivity (Wildman–Crippen MR) is 213 cm³/mol. The van der Waals surface area contributed by atoms with E-state index < -0.39 is 0 Å². The largest absolute Gasteiger partial charge is 0.455 e. The zero-order valence-corrected chi connectivity index (χ0v) is 27.6. The first-order valence-corrected chi connectivity index (χ1v) is 17.4. The monoisotopic (exact) mass is 650 g/mol. The maximum atomic E-state index is 6.52. The quantitative estimate of drug-likeness (QED) is 0.186. The average Bonchev–Trinajstić information content (AvgIpc) is 3.85. The molecule has 8 aromatic carbocycles. The molecule has 3 heterocycles. The van der Waals surface area contributed by atoms with Crippen molar-refractivity contribution in [3.8, 4) is 33.6 Å². The van der Waals surface area contributed by atoms with Crippen molar-refractivity contribution in [1.29, 1.82) is 0 Å². The van der Waals surface area contributed by atoms with Crippen LogP contribution in [0, 0.1) is 0 Å². The van der Waals surface area contributed by atoms with Crippen LogP contribution in [0.2, 0.25) is 0 Å². The van der Waals surface area contributed by atoms with Crippen LogP contribution in [-0.4, -0.2) is 9.13 Å². The van der Waals surface area contributed by atoms with E-state index in [-0.39, 0.29) is 0 Å². The molecule has 0 aliphatic carbocycles. The minimum atomic E-state index is 0.907. The van der Waals surface area contributed by atoms with E-state index in [1.807, 2.05) is 6.07 Å². The van der Waals surface area contributed by atoms with Gasteiger partial charge in [0.05, 0.1) is 27.8 Å². The van der Waals surface area contributed by atoms with Crippen molar-refractivity contribution in [2.45, 2.75) is 0 Å². The standard InChI is InChI=1S/C48H30N2O/c1-2-13-33(14-3-1)49-42-21-8-5-16-35(42)40-29-31(25-27-45(40)49)32-26-28-46-41(30-32)36-17-6-10-23-44(36)50(46)43-22-9-4-15-34(43)38-19-12-20-39-37-18-7-11-24-47(37)51-48(38)39/h1-30H. The third-order valence-electron chi connectivity index (χ3n) is 10.5. The van der Waals surface area contributed by atoms with Gasteiger partial charge in [-0.05, 0) is 71.8 Å². The Morgan fingerprint density at radius 3 is 1.61 bits per heavy atom. The lowest BCUT2D eigenvalue weighted by Gasteiger charge is -2.14. The highest BCUT2D eigenvalue weighted by Gasteiger charge is 2.20. The van der Waals surface area contributed by atoms with Crippen LogP contribution in [0.25, 0.3) is 99.2 Å². The van der Waals surface area contributed by atoms with E-state index in [9.17, 15) is 0 Å². The Morgan fingerprint density at radius 2 is 0.863 bits per heavy atom. The molecule has 0 aliphatic heterocycles. The lowest BCUT2D eigenvalue weighted by atomic mass is 10.00. The van der Waals surface area contributed by atoms with Crippen molar-refractivity contribution in [3.05, 3.63) is 182 Å².